The maximum atomic E-state index is 15.1. The van der Waals surface area contributed by atoms with Crippen LogP contribution >= 0.6 is 0 Å². The number of aryl methyl sites for hydroxylation is 1. The van der Waals surface area contributed by atoms with Gasteiger partial charge in [-0.1, -0.05) is 178 Å². The molecule has 0 aliphatic rings. The van der Waals surface area contributed by atoms with Crippen molar-refractivity contribution in [1.82, 2.24) is 0 Å². The summed E-state index contributed by atoms with van der Waals surface area (Å²) in [6, 6.07) is 47.4. The number of rotatable bonds is 20. The Hall–Kier alpha value is -9.66. The van der Waals surface area contributed by atoms with Gasteiger partial charge in [-0.15, -0.1) is 0 Å². The summed E-state index contributed by atoms with van der Waals surface area (Å²) in [7, 11) is 7.53. The minimum atomic E-state index is -1.30. The number of aliphatic hydroxyl groups is 4. The normalized spacial score (nSPS) is 13.0. The molecule has 0 bridgehead atoms. The standard InChI is InChI=1S/C20H24F2O.4C19H22F2O2/c1-6-13-7-9-15(17(11-13)19(22)20(2,3)4)16-12-14(23-5)8-10-18(16)21;4*1-19(2,3)18(21)16-9-12(11-22)5-7-14(16)15-10-13(23-4)6-8-17(15)20/h7-12,19H,6H2,1-5H3;4*5-10,18,22H,11H2,1-4H3/t;2*18-;;/m.10../s1. The third kappa shape index (κ3) is 24.7. The quantitative estimate of drug-likeness (QED) is 0.0552. The van der Waals surface area contributed by atoms with Crippen molar-refractivity contribution in [2.24, 2.45) is 27.1 Å². The van der Waals surface area contributed by atoms with Gasteiger partial charge in [-0.25, -0.2) is 43.9 Å². The molecule has 0 saturated carbocycles. The van der Waals surface area contributed by atoms with Crippen LogP contribution in [0.2, 0.25) is 0 Å². The van der Waals surface area contributed by atoms with Crippen molar-refractivity contribution in [3.8, 4) is 84.4 Å². The number of halogens is 10. The minimum Gasteiger partial charge on any atom is -0.497 e. The summed E-state index contributed by atoms with van der Waals surface area (Å²) < 4.78 is 172. The predicted octanol–water partition coefficient (Wildman–Crippen LogP) is 26.3. The van der Waals surface area contributed by atoms with Crippen molar-refractivity contribution in [2.75, 3.05) is 35.5 Å². The fraction of sp³-hybridized carbons (Fsp3) is 0.375. The highest BCUT2D eigenvalue weighted by molar-refractivity contribution is 5.75. The average Bonchev–Trinajstić information content (AvgIpc) is 0.810. The zero-order valence-electron chi connectivity index (χ0n) is 69.9. The molecule has 5 atom stereocenters. The van der Waals surface area contributed by atoms with E-state index in [9.17, 15) is 59.9 Å². The molecule has 0 heterocycles. The molecule has 3 unspecified atom stereocenters. The second-order valence-corrected chi connectivity index (χ2v) is 33.5. The van der Waals surface area contributed by atoms with Crippen LogP contribution in [0.4, 0.5) is 43.9 Å². The van der Waals surface area contributed by atoms with E-state index in [4.69, 9.17) is 23.7 Å². The molecule has 0 aliphatic carbocycles. The minimum absolute atomic E-state index is 0.190. The van der Waals surface area contributed by atoms with Crippen LogP contribution in [0.5, 0.6) is 28.7 Å². The number of hydrogen-bond donors (Lipinski definition) is 4. The lowest BCUT2D eigenvalue weighted by molar-refractivity contribution is 0.165. The van der Waals surface area contributed by atoms with E-state index < -0.39 is 81.2 Å². The van der Waals surface area contributed by atoms with Crippen LogP contribution in [0, 0.1) is 56.2 Å². The Morgan fingerprint density at radius 2 is 0.391 bits per heavy atom. The van der Waals surface area contributed by atoms with Gasteiger partial charge in [0.25, 0.3) is 0 Å². The van der Waals surface area contributed by atoms with Crippen LogP contribution in [0.15, 0.2) is 182 Å². The topological polar surface area (TPSA) is 127 Å². The second-order valence-electron chi connectivity index (χ2n) is 33.5. The molecule has 4 N–H and O–H groups in total. The van der Waals surface area contributed by atoms with E-state index in [1.54, 1.807) is 192 Å². The van der Waals surface area contributed by atoms with Gasteiger partial charge in [0, 0.05) is 27.8 Å². The molecule has 0 fully saturated rings. The molecule has 620 valence electrons. The summed E-state index contributed by atoms with van der Waals surface area (Å²) in [5.41, 5.74) is 6.32. The van der Waals surface area contributed by atoms with Gasteiger partial charge in [-0.2, -0.15) is 0 Å². The molecular formula is C96H112F10O9. The van der Waals surface area contributed by atoms with Crippen molar-refractivity contribution >= 4 is 0 Å². The van der Waals surface area contributed by atoms with E-state index in [2.05, 4.69) is 0 Å². The van der Waals surface area contributed by atoms with Crippen molar-refractivity contribution in [3.05, 3.63) is 267 Å². The summed E-state index contributed by atoms with van der Waals surface area (Å²) in [5.74, 6) is 0.434. The Balaban J connectivity index is 0.000000224. The van der Waals surface area contributed by atoms with Crippen LogP contribution in [-0.2, 0) is 32.8 Å². The molecule has 19 heteroatoms. The van der Waals surface area contributed by atoms with E-state index in [1.165, 1.54) is 90.1 Å². The fourth-order valence-corrected chi connectivity index (χ4v) is 12.5. The maximum absolute atomic E-state index is 15.1. The first-order chi connectivity index (χ1) is 53.9. The van der Waals surface area contributed by atoms with Gasteiger partial charge < -0.3 is 44.1 Å². The predicted molar refractivity (Wildman–Crippen MR) is 442 cm³/mol. The Labute approximate surface area is 673 Å². The molecule has 0 amide bonds. The number of aliphatic hydroxyl groups excluding tert-OH is 4. The van der Waals surface area contributed by atoms with Crippen molar-refractivity contribution < 1.29 is 88.0 Å². The van der Waals surface area contributed by atoms with Crippen LogP contribution in [0.1, 0.15) is 197 Å². The molecule has 0 spiro atoms. The molecule has 10 aromatic carbocycles. The number of methoxy groups -OCH3 is 5. The molecule has 10 rings (SSSR count). The van der Waals surface area contributed by atoms with E-state index in [-0.39, 0.29) is 54.5 Å². The van der Waals surface area contributed by atoms with E-state index in [1.807, 2.05) is 45.9 Å². The van der Waals surface area contributed by atoms with Crippen LogP contribution in [0.3, 0.4) is 0 Å². The zero-order chi connectivity index (χ0) is 86.0. The lowest BCUT2D eigenvalue weighted by Crippen LogP contribution is -2.15. The Bertz CT molecular complexity index is 4150. The maximum Gasteiger partial charge on any atom is 0.131 e. The summed E-state index contributed by atoms with van der Waals surface area (Å²) in [6.45, 7) is 28.3. The number of benzene rings is 10. The first-order valence-corrected chi connectivity index (χ1v) is 37.9. The highest BCUT2D eigenvalue weighted by atomic mass is 19.2. The van der Waals surface area contributed by atoms with Crippen LogP contribution < -0.4 is 23.7 Å². The average molecular weight is 1600 g/mol. The highest BCUT2D eigenvalue weighted by Gasteiger charge is 2.35. The number of hydrogen-bond acceptors (Lipinski definition) is 9. The summed E-state index contributed by atoms with van der Waals surface area (Å²) in [6.07, 6.45) is -5.56. The number of ether oxygens (including phenoxy) is 5. The number of alkyl halides is 5. The van der Waals surface area contributed by atoms with Crippen molar-refractivity contribution in [3.63, 3.8) is 0 Å². The Kier molecular flexibility index (Phi) is 33.4. The van der Waals surface area contributed by atoms with E-state index >= 15 is 4.39 Å². The summed E-state index contributed by atoms with van der Waals surface area (Å²) in [4.78, 5) is 0. The van der Waals surface area contributed by atoms with E-state index in [0.717, 1.165) is 12.0 Å². The smallest absolute Gasteiger partial charge is 0.131 e. The molecular weight excluding hydrogens is 1490 g/mol. The monoisotopic (exact) mass is 1600 g/mol. The molecule has 0 radical (unpaired) electrons. The van der Waals surface area contributed by atoms with Crippen molar-refractivity contribution in [2.45, 2.75) is 174 Å². The molecule has 0 saturated heterocycles. The Morgan fingerprint density at radius 3 is 0.530 bits per heavy atom. The van der Waals surface area contributed by atoms with Gasteiger partial charge in [0.2, 0.25) is 0 Å². The summed E-state index contributed by atoms with van der Waals surface area (Å²) in [5, 5.41) is 37.3. The van der Waals surface area contributed by atoms with Gasteiger partial charge in [0.05, 0.1) is 62.0 Å². The third-order valence-corrected chi connectivity index (χ3v) is 19.2. The highest BCUT2D eigenvalue weighted by Crippen LogP contribution is 2.49. The molecule has 0 aromatic heterocycles. The van der Waals surface area contributed by atoms with Crippen LogP contribution in [0.25, 0.3) is 55.6 Å². The first-order valence-electron chi connectivity index (χ1n) is 37.9. The van der Waals surface area contributed by atoms with Crippen LogP contribution in [-0.4, -0.2) is 56.0 Å². The van der Waals surface area contributed by atoms with Gasteiger partial charge in [-0.3, -0.25) is 0 Å². The Morgan fingerprint density at radius 1 is 0.235 bits per heavy atom. The first kappa shape index (κ1) is 94.2. The van der Waals surface area contributed by atoms with Gasteiger partial charge in [-0.05, 0) is 232 Å². The SMILES string of the molecule is CCc1ccc(-c2cc(OC)ccc2F)c(C(F)C(C)(C)C)c1.COc1ccc(F)c(-c2ccc(CO)cc2C(F)C(C)(C)C)c1.COc1ccc(F)c(-c2ccc(CO)cc2C(F)C(C)(C)C)c1.COc1ccc(F)c(-c2ccc(CO)cc2[C@@H](F)C(C)(C)C)c1.COc1ccc(F)c(-c2ccc(CO)cc2[C@H](F)C(C)(C)C)c1. The van der Waals surface area contributed by atoms with Gasteiger partial charge in [0.15, 0.2) is 0 Å². The zero-order valence-corrected chi connectivity index (χ0v) is 69.9. The molecule has 115 heavy (non-hydrogen) atoms. The fourth-order valence-electron chi connectivity index (χ4n) is 12.5. The molecule has 10 aromatic rings. The third-order valence-electron chi connectivity index (χ3n) is 19.2. The van der Waals surface area contributed by atoms with Gasteiger partial charge in [0.1, 0.15) is 88.7 Å². The lowest BCUT2D eigenvalue weighted by Gasteiger charge is -2.26. The van der Waals surface area contributed by atoms with E-state index in [0.29, 0.717) is 112 Å². The lowest BCUT2D eigenvalue weighted by atomic mass is 9.82. The van der Waals surface area contributed by atoms with Crippen molar-refractivity contribution in [1.29, 1.82) is 0 Å². The molecule has 9 nitrogen and oxygen atoms in total. The molecule has 0 aliphatic heterocycles. The largest absolute Gasteiger partial charge is 0.497 e. The van der Waals surface area contributed by atoms with Gasteiger partial charge >= 0.3 is 0 Å². The second kappa shape index (κ2) is 40.8. The summed E-state index contributed by atoms with van der Waals surface area (Å²) >= 11 is 0.